The molecule has 6 heteroatoms. The third-order valence-electron chi connectivity index (χ3n) is 1.63. The molecule has 0 heterocycles. The molecule has 0 rings (SSSR count). The zero-order valence-electron chi connectivity index (χ0n) is 8.82. The molecule has 0 radical (unpaired) electrons. The van der Waals surface area contributed by atoms with Crippen LogP contribution in [0.1, 0.15) is 19.8 Å². The van der Waals surface area contributed by atoms with E-state index in [-0.39, 0.29) is 18.6 Å². The Bertz CT molecular complexity index is 342. The molecule has 0 aromatic carbocycles. The summed E-state index contributed by atoms with van der Waals surface area (Å²) in [6.45, 7) is 1.57. The van der Waals surface area contributed by atoms with E-state index < -0.39 is 22.0 Å². The lowest BCUT2D eigenvalue weighted by molar-refractivity contribution is -0.140. The highest BCUT2D eigenvalue weighted by Crippen LogP contribution is 1.97. The first-order valence-corrected chi connectivity index (χ1v) is 6.09. The lowest BCUT2D eigenvalue weighted by Crippen LogP contribution is -2.33. The van der Waals surface area contributed by atoms with Crippen molar-refractivity contribution in [3.8, 4) is 12.3 Å². The molecule has 0 bridgehead atoms. The van der Waals surface area contributed by atoms with E-state index in [4.69, 9.17) is 6.42 Å². The minimum absolute atomic E-state index is 0.0852. The number of esters is 1. The van der Waals surface area contributed by atoms with E-state index in [1.807, 2.05) is 0 Å². The maximum Gasteiger partial charge on any atom is 0.305 e. The Morgan fingerprint density at radius 1 is 1.60 bits per heavy atom. The van der Waals surface area contributed by atoms with E-state index in [1.165, 1.54) is 7.11 Å². The molecule has 0 amide bonds. The van der Waals surface area contributed by atoms with Gasteiger partial charge >= 0.3 is 5.97 Å². The molecule has 86 valence electrons. The Balaban J connectivity index is 3.96. The number of hydrogen-bond donors (Lipinski definition) is 1. The van der Waals surface area contributed by atoms with Crippen LogP contribution in [0, 0.1) is 12.3 Å². The van der Waals surface area contributed by atoms with Gasteiger partial charge in [0.25, 0.3) is 0 Å². The van der Waals surface area contributed by atoms with Crippen LogP contribution in [0.4, 0.5) is 0 Å². The SMILES string of the molecule is C#CC(C)NS(=O)(=O)CCCC(=O)OC. The van der Waals surface area contributed by atoms with Crippen molar-refractivity contribution in [3.63, 3.8) is 0 Å². The highest BCUT2D eigenvalue weighted by Gasteiger charge is 2.13. The van der Waals surface area contributed by atoms with E-state index in [0.717, 1.165) is 0 Å². The molecular formula is C9H15NO4S. The number of ether oxygens (including phenoxy) is 1. The molecule has 1 unspecified atom stereocenters. The monoisotopic (exact) mass is 233 g/mol. The lowest BCUT2D eigenvalue weighted by Gasteiger charge is -2.08. The molecule has 0 aliphatic rings. The molecule has 0 saturated heterocycles. The molecule has 1 atom stereocenters. The first-order valence-electron chi connectivity index (χ1n) is 4.44. The molecular weight excluding hydrogens is 218 g/mol. The Morgan fingerprint density at radius 2 is 2.20 bits per heavy atom. The molecule has 0 aliphatic heterocycles. The zero-order valence-corrected chi connectivity index (χ0v) is 9.63. The standard InChI is InChI=1S/C9H15NO4S/c1-4-8(2)10-15(12,13)7-5-6-9(11)14-3/h1,8,10H,5-7H2,2-3H3. The van der Waals surface area contributed by atoms with Crippen LogP contribution in [0.15, 0.2) is 0 Å². The maximum atomic E-state index is 11.3. The van der Waals surface area contributed by atoms with Crippen molar-refractivity contribution in [2.24, 2.45) is 0 Å². The van der Waals surface area contributed by atoms with Crippen LogP contribution < -0.4 is 4.72 Å². The van der Waals surface area contributed by atoms with Gasteiger partial charge in [-0.15, -0.1) is 6.42 Å². The summed E-state index contributed by atoms with van der Waals surface area (Å²) in [6, 6.07) is -0.534. The van der Waals surface area contributed by atoms with E-state index in [9.17, 15) is 13.2 Å². The predicted molar refractivity (Wildman–Crippen MR) is 56.5 cm³/mol. The largest absolute Gasteiger partial charge is 0.469 e. The van der Waals surface area contributed by atoms with Crippen molar-refractivity contribution >= 4 is 16.0 Å². The van der Waals surface area contributed by atoms with Gasteiger partial charge in [-0.25, -0.2) is 13.1 Å². The predicted octanol–water partition coefficient (Wildman–Crippen LogP) is -0.119. The van der Waals surface area contributed by atoms with Crippen molar-refractivity contribution in [3.05, 3.63) is 0 Å². The quantitative estimate of drug-likeness (QED) is 0.513. The van der Waals surface area contributed by atoms with Gasteiger partial charge < -0.3 is 4.74 Å². The van der Waals surface area contributed by atoms with Gasteiger partial charge in [0.1, 0.15) is 0 Å². The van der Waals surface area contributed by atoms with Gasteiger partial charge in [0.05, 0.1) is 18.9 Å². The van der Waals surface area contributed by atoms with E-state index in [1.54, 1.807) is 6.92 Å². The first-order chi connectivity index (χ1) is 6.91. The normalized spacial score (nSPS) is 12.9. The van der Waals surface area contributed by atoms with Crippen molar-refractivity contribution in [2.75, 3.05) is 12.9 Å². The number of nitrogens with one attached hydrogen (secondary N) is 1. The summed E-state index contributed by atoms with van der Waals surface area (Å²) in [5, 5.41) is 0. The first kappa shape index (κ1) is 13.9. The smallest absolute Gasteiger partial charge is 0.305 e. The summed E-state index contributed by atoms with van der Waals surface area (Å²) < 4.78 is 29.3. The van der Waals surface area contributed by atoms with E-state index in [0.29, 0.717) is 0 Å². The van der Waals surface area contributed by atoms with Crippen LogP contribution in [-0.2, 0) is 19.6 Å². The third kappa shape index (κ3) is 6.94. The van der Waals surface area contributed by atoms with E-state index in [2.05, 4.69) is 15.4 Å². The van der Waals surface area contributed by atoms with Gasteiger partial charge in [0.2, 0.25) is 10.0 Å². The van der Waals surface area contributed by atoms with Crippen LogP contribution >= 0.6 is 0 Å². The van der Waals surface area contributed by atoms with Crippen molar-refractivity contribution in [2.45, 2.75) is 25.8 Å². The molecule has 0 aliphatic carbocycles. The van der Waals surface area contributed by atoms with Gasteiger partial charge in [-0.2, -0.15) is 0 Å². The molecule has 0 spiro atoms. The molecule has 0 aromatic heterocycles. The van der Waals surface area contributed by atoms with Crippen LogP contribution in [0.2, 0.25) is 0 Å². The lowest BCUT2D eigenvalue weighted by atomic mass is 10.3. The second kappa shape index (κ2) is 6.43. The van der Waals surface area contributed by atoms with Crippen LogP contribution in [0.3, 0.4) is 0 Å². The molecule has 5 nitrogen and oxygen atoms in total. The fraction of sp³-hybridized carbons (Fsp3) is 0.667. The van der Waals surface area contributed by atoms with Gasteiger partial charge in [0, 0.05) is 6.42 Å². The average molecular weight is 233 g/mol. The Kier molecular flexibility index (Phi) is 5.97. The Morgan fingerprint density at radius 3 is 2.67 bits per heavy atom. The molecule has 1 N–H and O–H groups in total. The minimum Gasteiger partial charge on any atom is -0.469 e. The second-order valence-corrected chi connectivity index (χ2v) is 4.88. The fourth-order valence-corrected chi connectivity index (χ4v) is 2.12. The van der Waals surface area contributed by atoms with Crippen LogP contribution in [0.5, 0.6) is 0 Å². The van der Waals surface area contributed by atoms with Crippen molar-refractivity contribution in [1.29, 1.82) is 0 Å². The Labute approximate surface area is 90.2 Å². The summed E-state index contributed by atoms with van der Waals surface area (Å²) in [5.74, 6) is 1.70. The average Bonchev–Trinajstić information content (AvgIpc) is 2.16. The summed E-state index contributed by atoms with van der Waals surface area (Å²) in [6.07, 6.45) is 5.33. The van der Waals surface area contributed by atoms with Gasteiger partial charge in [0.15, 0.2) is 0 Å². The van der Waals surface area contributed by atoms with Gasteiger partial charge in [-0.1, -0.05) is 5.92 Å². The highest BCUT2D eigenvalue weighted by molar-refractivity contribution is 7.89. The van der Waals surface area contributed by atoms with Crippen molar-refractivity contribution < 1.29 is 17.9 Å². The fourth-order valence-electron chi connectivity index (χ4n) is 0.871. The van der Waals surface area contributed by atoms with E-state index >= 15 is 0 Å². The summed E-state index contributed by atoms with van der Waals surface area (Å²) in [7, 11) is -2.14. The van der Waals surface area contributed by atoms with Gasteiger partial charge in [-0.3, -0.25) is 4.79 Å². The zero-order chi connectivity index (χ0) is 11.9. The summed E-state index contributed by atoms with van der Waals surface area (Å²) in [5.41, 5.74) is 0. The van der Waals surface area contributed by atoms with Gasteiger partial charge in [-0.05, 0) is 13.3 Å². The van der Waals surface area contributed by atoms with Crippen LogP contribution in [0.25, 0.3) is 0 Å². The number of methoxy groups -OCH3 is 1. The molecule has 0 aromatic rings. The molecule has 0 fully saturated rings. The highest BCUT2D eigenvalue weighted by atomic mass is 32.2. The summed E-state index contributed by atoms with van der Waals surface area (Å²) >= 11 is 0. The minimum atomic E-state index is -3.40. The summed E-state index contributed by atoms with van der Waals surface area (Å²) in [4.78, 5) is 10.7. The second-order valence-electron chi connectivity index (χ2n) is 3.00. The number of sulfonamides is 1. The van der Waals surface area contributed by atoms with Crippen LogP contribution in [-0.4, -0.2) is 33.3 Å². The number of rotatable bonds is 6. The molecule has 0 saturated carbocycles. The number of terminal acetylenes is 1. The molecule has 15 heavy (non-hydrogen) atoms. The topological polar surface area (TPSA) is 72.5 Å². The number of carbonyl (C=O) groups is 1. The Hall–Kier alpha value is -1.06. The third-order valence-corrected chi connectivity index (χ3v) is 3.17. The number of carbonyl (C=O) groups excluding carboxylic acids is 1. The number of hydrogen-bond acceptors (Lipinski definition) is 4. The van der Waals surface area contributed by atoms with Crippen molar-refractivity contribution in [1.82, 2.24) is 4.72 Å². The maximum absolute atomic E-state index is 11.3.